The lowest BCUT2D eigenvalue weighted by atomic mass is 10.0. The van der Waals surface area contributed by atoms with Crippen molar-refractivity contribution in [2.24, 2.45) is 0 Å². The van der Waals surface area contributed by atoms with Gasteiger partial charge in [-0.25, -0.2) is 8.42 Å². The Bertz CT molecular complexity index is 466. The van der Waals surface area contributed by atoms with Crippen molar-refractivity contribution in [2.45, 2.75) is 27.2 Å². The first-order valence-electron chi connectivity index (χ1n) is 5.68. The lowest BCUT2D eigenvalue weighted by Gasteiger charge is -2.10. The second kappa shape index (κ2) is 5.54. The number of benzene rings is 1. The summed E-state index contributed by atoms with van der Waals surface area (Å²) in [7, 11) is -2.88. The minimum atomic E-state index is -2.88. The molecule has 1 rings (SSSR count). The Morgan fingerprint density at radius 1 is 1.12 bits per heavy atom. The largest absolute Gasteiger partial charge is 0.494 e. The molecule has 96 valence electrons. The Balaban J connectivity index is 2.53. The average Bonchev–Trinajstić information content (AvgIpc) is 2.19. The van der Waals surface area contributed by atoms with E-state index in [9.17, 15) is 8.42 Å². The third-order valence-corrected chi connectivity index (χ3v) is 3.86. The van der Waals surface area contributed by atoms with Crippen LogP contribution in [0.15, 0.2) is 12.1 Å². The fraction of sp³-hybridized carbons (Fsp3) is 0.538. The highest BCUT2D eigenvalue weighted by molar-refractivity contribution is 7.90. The van der Waals surface area contributed by atoms with Crippen LogP contribution in [0, 0.1) is 20.8 Å². The van der Waals surface area contributed by atoms with Gasteiger partial charge in [0.05, 0.1) is 12.4 Å². The van der Waals surface area contributed by atoms with Crippen LogP contribution in [-0.4, -0.2) is 27.0 Å². The van der Waals surface area contributed by atoms with Gasteiger partial charge in [0.1, 0.15) is 15.6 Å². The fourth-order valence-electron chi connectivity index (χ4n) is 1.59. The molecule has 0 saturated carbocycles. The van der Waals surface area contributed by atoms with Gasteiger partial charge >= 0.3 is 0 Å². The van der Waals surface area contributed by atoms with Gasteiger partial charge in [-0.1, -0.05) is 0 Å². The van der Waals surface area contributed by atoms with E-state index >= 15 is 0 Å². The van der Waals surface area contributed by atoms with E-state index < -0.39 is 9.84 Å². The van der Waals surface area contributed by atoms with Crippen molar-refractivity contribution in [3.05, 3.63) is 28.8 Å². The highest BCUT2D eigenvalue weighted by Gasteiger charge is 2.04. The van der Waals surface area contributed by atoms with Crippen molar-refractivity contribution in [3.8, 4) is 5.75 Å². The van der Waals surface area contributed by atoms with Gasteiger partial charge in [-0.2, -0.15) is 0 Å². The van der Waals surface area contributed by atoms with Gasteiger partial charge in [0, 0.05) is 6.26 Å². The molecular weight excluding hydrogens is 236 g/mol. The number of hydrogen-bond acceptors (Lipinski definition) is 3. The number of rotatable bonds is 5. The van der Waals surface area contributed by atoms with Crippen LogP contribution < -0.4 is 4.74 Å². The molecule has 0 heterocycles. The van der Waals surface area contributed by atoms with E-state index in [0.29, 0.717) is 13.0 Å². The van der Waals surface area contributed by atoms with Crippen molar-refractivity contribution >= 4 is 9.84 Å². The Kier molecular flexibility index (Phi) is 4.57. The summed E-state index contributed by atoms with van der Waals surface area (Å²) in [6.45, 7) is 6.62. The van der Waals surface area contributed by atoms with Crippen molar-refractivity contribution < 1.29 is 13.2 Å². The summed E-state index contributed by atoms with van der Waals surface area (Å²) in [6.07, 6.45) is 1.78. The number of aryl methyl sites for hydroxylation is 2. The van der Waals surface area contributed by atoms with Crippen LogP contribution in [0.25, 0.3) is 0 Å². The van der Waals surface area contributed by atoms with E-state index in [-0.39, 0.29) is 5.75 Å². The molecule has 1 aromatic carbocycles. The van der Waals surface area contributed by atoms with Gasteiger partial charge < -0.3 is 4.74 Å². The molecule has 0 radical (unpaired) electrons. The Labute approximate surface area is 104 Å². The third kappa shape index (κ3) is 4.77. The maximum absolute atomic E-state index is 10.9. The smallest absolute Gasteiger partial charge is 0.147 e. The number of sulfone groups is 1. The first-order valence-corrected chi connectivity index (χ1v) is 7.74. The van der Waals surface area contributed by atoms with Crippen molar-refractivity contribution in [1.29, 1.82) is 0 Å². The predicted molar refractivity (Wildman–Crippen MR) is 70.5 cm³/mol. The lowest BCUT2D eigenvalue weighted by Crippen LogP contribution is -2.08. The van der Waals surface area contributed by atoms with Crippen molar-refractivity contribution in [3.63, 3.8) is 0 Å². The molecule has 17 heavy (non-hydrogen) atoms. The molecule has 0 bridgehead atoms. The molecule has 1 aromatic rings. The highest BCUT2D eigenvalue weighted by atomic mass is 32.2. The molecule has 0 aromatic heterocycles. The molecule has 0 fully saturated rings. The lowest BCUT2D eigenvalue weighted by molar-refractivity contribution is 0.317. The molecular formula is C13H20O3S. The maximum atomic E-state index is 10.9. The van der Waals surface area contributed by atoms with E-state index in [2.05, 4.69) is 6.92 Å². The summed E-state index contributed by atoms with van der Waals surface area (Å²) in [5, 5.41) is 0. The van der Waals surface area contributed by atoms with Gasteiger partial charge in [0.15, 0.2) is 0 Å². The van der Waals surface area contributed by atoms with E-state index in [0.717, 1.165) is 5.75 Å². The van der Waals surface area contributed by atoms with E-state index in [4.69, 9.17) is 4.74 Å². The van der Waals surface area contributed by atoms with E-state index in [1.807, 2.05) is 26.0 Å². The molecule has 0 aliphatic carbocycles. The topological polar surface area (TPSA) is 43.4 Å². The maximum Gasteiger partial charge on any atom is 0.147 e. The van der Waals surface area contributed by atoms with Gasteiger partial charge in [-0.3, -0.25) is 0 Å². The highest BCUT2D eigenvalue weighted by Crippen LogP contribution is 2.20. The van der Waals surface area contributed by atoms with Crippen molar-refractivity contribution in [1.82, 2.24) is 0 Å². The summed E-state index contributed by atoms with van der Waals surface area (Å²) in [6, 6.07) is 3.98. The van der Waals surface area contributed by atoms with Crippen molar-refractivity contribution in [2.75, 3.05) is 18.6 Å². The monoisotopic (exact) mass is 256 g/mol. The molecule has 0 unspecified atom stereocenters. The molecule has 0 saturated heterocycles. The summed E-state index contributed by atoms with van der Waals surface area (Å²) in [5.74, 6) is 0.996. The van der Waals surface area contributed by atoms with Crippen LogP contribution in [-0.2, 0) is 9.84 Å². The summed E-state index contributed by atoms with van der Waals surface area (Å²) >= 11 is 0. The molecule has 0 aliphatic heterocycles. The van der Waals surface area contributed by atoms with Gasteiger partial charge in [0.2, 0.25) is 0 Å². The minimum Gasteiger partial charge on any atom is -0.494 e. The Hall–Kier alpha value is -1.03. The zero-order valence-electron chi connectivity index (χ0n) is 10.9. The first-order chi connectivity index (χ1) is 7.79. The molecule has 0 N–H and O–H groups in total. The Morgan fingerprint density at radius 2 is 1.65 bits per heavy atom. The van der Waals surface area contributed by atoms with Crippen LogP contribution in [0.3, 0.4) is 0 Å². The number of hydrogen-bond donors (Lipinski definition) is 0. The van der Waals surface area contributed by atoms with E-state index in [1.165, 1.54) is 22.9 Å². The van der Waals surface area contributed by atoms with Gasteiger partial charge in [0.25, 0.3) is 0 Å². The van der Waals surface area contributed by atoms with Gasteiger partial charge in [-0.05, 0) is 56.0 Å². The first kappa shape index (κ1) is 14.0. The summed E-state index contributed by atoms with van der Waals surface area (Å²) in [5.41, 5.74) is 3.67. The summed E-state index contributed by atoms with van der Waals surface area (Å²) in [4.78, 5) is 0. The molecule has 3 nitrogen and oxygen atoms in total. The van der Waals surface area contributed by atoms with Gasteiger partial charge in [-0.15, -0.1) is 0 Å². The standard InChI is InChI=1S/C13H20O3S/c1-10-8-13(9-11(2)12(10)3)16-6-5-7-17(4,14)15/h8-9H,5-7H2,1-4H3. The molecule has 0 aliphatic rings. The average molecular weight is 256 g/mol. The second-order valence-electron chi connectivity index (χ2n) is 4.51. The molecule has 0 amide bonds. The number of ether oxygens (including phenoxy) is 1. The Morgan fingerprint density at radius 3 is 2.12 bits per heavy atom. The molecule has 0 spiro atoms. The summed E-state index contributed by atoms with van der Waals surface area (Å²) < 4.78 is 27.4. The van der Waals surface area contributed by atoms with Crippen LogP contribution in [0.5, 0.6) is 5.75 Å². The predicted octanol–water partition coefficient (Wildman–Crippen LogP) is 2.43. The van der Waals surface area contributed by atoms with Crippen LogP contribution >= 0.6 is 0 Å². The third-order valence-electron chi connectivity index (χ3n) is 2.83. The normalized spacial score (nSPS) is 11.5. The van der Waals surface area contributed by atoms with E-state index in [1.54, 1.807) is 0 Å². The zero-order valence-corrected chi connectivity index (χ0v) is 11.7. The zero-order chi connectivity index (χ0) is 13.1. The second-order valence-corrected chi connectivity index (χ2v) is 6.77. The van der Waals surface area contributed by atoms with Crippen LogP contribution in [0.2, 0.25) is 0 Å². The molecule has 0 atom stereocenters. The van der Waals surface area contributed by atoms with Crippen LogP contribution in [0.4, 0.5) is 0 Å². The minimum absolute atomic E-state index is 0.177. The fourth-order valence-corrected chi connectivity index (χ4v) is 2.23. The quantitative estimate of drug-likeness (QED) is 0.760. The molecule has 4 heteroatoms. The SMILES string of the molecule is Cc1cc(OCCCS(C)(=O)=O)cc(C)c1C. The van der Waals surface area contributed by atoms with Crippen LogP contribution in [0.1, 0.15) is 23.1 Å².